The summed E-state index contributed by atoms with van der Waals surface area (Å²) in [7, 11) is 2.17. The minimum absolute atomic E-state index is 0.0969. The highest BCUT2D eigenvalue weighted by molar-refractivity contribution is 6.31. The maximum absolute atomic E-state index is 6.31. The zero-order valence-electron chi connectivity index (χ0n) is 11.8. The number of hydrogen-bond acceptors (Lipinski definition) is 2. The van der Waals surface area contributed by atoms with Crippen molar-refractivity contribution in [2.24, 2.45) is 5.92 Å². The van der Waals surface area contributed by atoms with Crippen molar-refractivity contribution < 1.29 is 0 Å². The Hall–Kier alpha value is -0.770. The van der Waals surface area contributed by atoms with Gasteiger partial charge in [-0.2, -0.15) is 0 Å². The monoisotopic (exact) mass is 311 g/mol. The van der Waals surface area contributed by atoms with E-state index in [0.717, 1.165) is 35.0 Å². The molecule has 0 amide bonds. The summed E-state index contributed by atoms with van der Waals surface area (Å²) in [5.74, 6) is 1.60. The first-order valence-corrected chi connectivity index (χ1v) is 7.84. The highest BCUT2D eigenvalue weighted by Crippen LogP contribution is 2.29. The number of imidazole rings is 1. The van der Waals surface area contributed by atoms with E-state index >= 15 is 0 Å². The second kappa shape index (κ2) is 5.55. The summed E-state index contributed by atoms with van der Waals surface area (Å²) in [5.41, 5.74) is 2.07. The van der Waals surface area contributed by atoms with Gasteiger partial charge in [-0.1, -0.05) is 11.6 Å². The van der Waals surface area contributed by atoms with E-state index in [1.54, 1.807) is 0 Å². The Morgan fingerprint density at radius 3 is 2.90 bits per heavy atom. The standard InChI is InChI=1S/C15H19Cl2N3/c1-10(16)15-18-13-4-3-12(17)7-14(13)20(15)9-11-5-6-19(2)8-11/h3-4,7,10-11H,5-6,8-9H2,1-2H3. The van der Waals surface area contributed by atoms with Gasteiger partial charge in [-0.05, 0) is 51.1 Å². The molecule has 3 rings (SSSR count). The molecule has 20 heavy (non-hydrogen) atoms. The van der Waals surface area contributed by atoms with Gasteiger partial charge in [0.15, 0.2) is 0 Å². The van der Waals surface area contributed by atoms with Gasteiger partial charge in [-0.15, -0.1) is 11.6 Å². The number of alkyl halides is 1. The van der Waals surface area contributed by atoms with Gasteiger partial charge in [0.2, 0.25) is 0 Å². The molecule has 1 aromatic carbocycles. The number of halogens is 2. The number of fused-ring (bicyclic) bond motifs is 1. The zero-order valence-corrected chi connectivity index (χ0v) is 13.3. The van der Waals surface area contributed by atoms with Crippen molar-refractivity contribution in [2.75, 3.05) is 20.1 Å². The molecular weight excluding hydrogens is 293 g/mol. The van der Waals surface area contributed by atoms with E-state index in [-0.39, 0.29) is 5.38 Å². The Kier molecular flexibility index (Phi) is 3.93. The summed E-state index contributed by atoms with van der Waals surface area (Å²) in [4.78, 5) is 7.05. The second-order valence-corrected chi connectivity index (χ2v) is 6.84. The molecule has 2 aromatic rings. The van der Waals surface area contributed by atoms with E-state index in [0.29, 0.717) is 5.92 Å². The molecule has 3 nitrogen and oxygen atoms in total. The van der Waals surface area contributed by atoms with Crippen molar-refractivity contribution in [3.63, 3.8) is 0 Å². The lowest BCUT2D eigenvalue weighted by molar-refractivity contribution is 0.377. The Bertz CT molecular complexity index is 621. The summed E-state index contributed by atoms with van der Waals surface area (Å²) in [5, 5.41) is 0.649. The minimum Gasteiger partial charge on any atom is -0.326 e. The van der Waals surface area contributed by atoms with E-state index in [2.05, 4.69) is 21.5 Å². The third-order valence-electron chi connectivity index (χ3n) is 4.03. The first-order chi connectivity index (χ1) is 9.54. The number of nitrogens with zero attached hydrogens (tertiary/aromatic N) is 3. The van der Waals surface area contributed by atoms with Gasteiger partial charge < -0.3 is 9.47 Å². The van der Waals surface area contributed by atoms with Gasteiger partial charge in [0.1, 0.15) is 5.82 Å². The smallest absolute Gasteiger partial charge is 0.127 e. The van der Waals surface area contributed by atoms with E-state index in [9.17, 15) is 0 Å². The largest absolute Gasteiger partial charge is 0.326 e. The summed E-state index contributed by atoms with van der Waals surface area (Å²) in [6, 6.07) is 5.84. The fourth-order valence-corrected chi connectivity index (χ4v) is 3.38. The van der Waals surface area contributed by atoms with E-state index in [1.807, 2.05) is 25.1 Å². The Labute approximate surface area is 129 Å². The van der Waals surface area contributed by atoms with Crippen LogP contribution in [0.3, 0.4) is 0 Å². The molecule has 2 heterocycles. The molecule has 0 N–H and O–H groups in total. The van der Waals surface area contributed by atoms with Crippen LogP contribution in [0.25, 0.3) is 11.0 Å². The Morgan fingerprint density at radius 1 is 1.45 bits per heavy atom. The first-order valence-electron chi connectivity index (χ1n) is 7.03. The highest BCUT2D eigenvalue weighted by atomic mass is 35.5. The van der Waals surface area contributed by atoms with Crippen LogP contribution < -0.4 is 0 Å². The first kappa shape index (κ1) is 14.2. The van der Waals surface area contributed by atoms with Crippen LogP contribution in [0.1, 0.15) is 24.5 Å². The number of hydrogen-bond donors (Lipinski definition) is 0. The van der Waals surface area contributed by atoms with Gasteiger partial charge in [0.25, 0.3) is 0 Å². The zero-order chi connectivity index (χ0) is 14.3. The quantitative estimate of drug-likeness (QED) is 0.801. The molecule has 0 bridgehead atoms. The van der Waals surface area contributed by atoms with Gasteiger partial charge >= 0.3 is 0 Å². The molecule has 0 aliphatic carbocycles. The van der Waals surface area contributed by atoms with Gasteiger partial charge in [-0.3, -0.25) is 0 Å². The van der Waals surface area contributed by atoms with Crippen LogP contribution in [0.2, 0.25) is 5.02 Å². The fraction of sp³-hybridized carbons (Fsp3) is 0.533. The SMILES string of the molecule is CC(Cl)c1nc2ccc(Cl)cc2n1CC1CCN(C)C1. The number of rotatable bonds is 3. The molecule has 1 aromatic heterocycles. The van der Waals surface area contributed by atoms with Crippen LogP contribution in [0.5, 0.6) is 0 Å². The average Bonchev–Trinajstić information content (AvgIpc) is 2.95. The normalized spacial score (nSPS) is 21.7. The molecule has 1 aliphatic rings. The lowest BCUT2D eigenvalue weighted by Crippen LogP contribution is -2.18. The molecule has 0 saturated carbocycles. The minimum atomic E-state index is -0.0969. The summed E-state index contributed by atoms with van der Waals surface area (Å²) < 4.78 is 2.25. The third-order valence-corrected chi connectivity index (χ3v) is 4.46. The van der Waals surface area contributed by atoms with Crippen LogP contribution >= 0.6 is 23.2 Å². The van der Waals surface area contributed by atoms with Crippen LogP contribution in [0.15, 0.2) is 18.2 Å². The predicted octanol–water partition coefficient (Wildman–Crippen LogP) is 3.94. The molecule has 1 fully saturated rings. The van der Waals surface area contributed by atoms with E-state index in [1.165, 1.54) is 13.0 Å². The molecule has 1 aliphatic heterocycles. The molecule has 108 valence electrons. The molecule has 2 atom stereocenters. The fourth-order valence-electron chi connectivity index (χ4n) is 3.04. The van der Waals surface area contributed by atoms with Crippen molar-refractivity contribution >= 4 is 34.2 Å². The second-order valence-electron chi connectivity index (χ2n) is 5.75. The maximum atomic E-state index is 6.31. The number of benzene rings is 1. The molecular formula is C15H19Cl2N3. The van der Waals surface area contributed by atoms with Crippen LogP contribution in [-0.2, 0) is 6.54 Å². The molecule has 0 radical (unpaired) electrons. The van der Waals surface area contributed by atoms with Crippen molar-refractivity contribution in [2.45, 2.75) is 25.3 Å². The highest BCUT2D eigenvalue weighted by Gasteiger charge is 2.23. The Balaban J connectivity index is 2.01. The topological polar surface area (TPSA) is 21.1 Å². The summed E-state index contributed by atoms with van der Waals surface area (Å²) >= 11 is 12.4. The van der Waals surface area contributed by atoms with Crippen molar-refractivity contribution in [1.82, 2.24) is 14.5 Å². The van der Waals surface area contributed by atoms with Crippen molar-refractivity contribution in [1.29, 1.82) is 0 Å². The van der Waals surface area contributed by atoms with E-state index in [4.69, 9.17) is 23.2 Å². The number of likely N-dealkylation sites (tertiary alicyclic amines) is 1. The number of aromatic nitrogens is 2. The van der Waals surface area contributed by atoms with Gasteiger partial charge in [-0.25, -0.2) is 4.98 Å². The van der Waals surface area contributed by atoms with Crippen molar-refractivity contribution in [3.8, 4) is 0 Å². The lowest BCUT2D eigenvalue weighted by Gasteiger charge is -2.15. The van der Waals surface area contributed by atoms with Crippen molar-refractivity contribution in [3.05, 3.63) is 29.0 Å². The average molecular weight is 312 g/mol. The third kappa shape index (κ3) is 2.67. The van der Waals surface area contributed by atoms with Crippen LogP contribution in [-0.4, -0.2) is 34.6 Å². The van der Waals surface area contributed by atoms with E-state index < -0.39 is 0 Å². The molecule has 5 heteroatoms. The summed E-state index contributed by atoms with van der Waals surface area (Å²) in [6.07, 6.45) is 1.23. The molecule has 2 unspecified atom stereocenters. The molecule has 0 spiro atoms. The molecule has 1 saturated heterocycles. The maximum Gasteiger partial charge on any atom is 0.127 e. The van der Waals surface area contributed by atoms with Gasteiger partial charge in [0.05, 0.1) is 16.4 Å². The van der Waals surface area contributed by atoms with Crippen LogP contribution in [0, 0.1) is 5.92 Å². The lowest BCUT2D eigenvalue weighted by atomic mass is 10.1. The van der Waals surface area contributed by atoms with Gasteiger partial charge in [0, 0.05) is 18.1 Å². The summed E-state index contributed by atoms with van der Waals surface area (Å²) in [6.45, 7) is 5.25. The predicted molar refractivity (Wildman–Crippen MR) is 84.6 cm³/mol. The van der Waals surface area contributed by atoms with Crippen LogP contribution in [0.4, 0.5) is 0 Å². The Morgan fingerprint density at radius 2 is 2.25 bits per heavy atom.